The van der Waals surface area contributed by atoms with Gasteiger partial charge in [0.2, 0.25) is 0 Å². The van der Waals surface area contributed by atoms with Crippen molar-refractivity contribution in [3.05, 3.63) is 0 Å². The van der Waals surface area contributed by atoms with Crippen molar-refractivity contribution in [2.24, 2.45) is 5.92 Å². The average Bonchev–Trinajstić information content (AvgIpc) is 1.93. The number of halogens is 1. The minimum Gasteiger partial charge on any atom is -0.459 e. The highest BCUT2D eigenvalue weighted by atomic mass is 79.9. The largest absolute Gasteiger partial charge is 0.459 e. The molecule has 0 saturated carbocycles. The van der Waals surface area contributed by atoms with Gasteiger partial charge in [-0.25, -0.2) is 0 Å². The molecule has 0 amide bonds. The van der Waals surface area contributed by atoms with Gasteiger partial charge < -0.3 is 15.6 Å². The van der Waals surface area contributed by atoms with E-state index in [0.29, 0.717) is 0 Å². The summed E-state index contributed by atoms with van der Waals surface area (Å²) in [5.74, 6) is -2.09. The van der Waals surface area contributed by atoms with Crippen LogP contribution in [0.25, 0.3) is 0 Å². The molecule has 0 heterocycles. The third-order valence-electron chi connectivity index (χ3n) is 1.78. The number of esters is 2. The smallest absolute Gasteiger partial charge is 0.322 e. The Labute approximate surface area is 124 Å². The van der Waals surface area contributed by atoms with Gasteiger partial charge in [0.1, 0.15) is 11.2 Å². The third kappa shape index (κ3) is 8.99. The lowest BCUT2D eigenvalue weighted by Gasteiger charge is -2.27. The Morgan fingerprint density at radius 1 is 0.895 bits per heavy atom. The lowest BCUT2D eigenvalue weighted by Crippen LogP contribution is -2.40. The normalized spacial score (nSPS) is 13.5. The first-order valence-electron chi connectivity index (χ1n) is 5.93. The zero-order valence-corrected chi connectivity index (χ0v) is 14.5. The SMILES string of the molecule is CC(Br)C(C(=O)OC(C)(C)C)C(=O)OC(C)(C)C.N. The van der Waals surface area contributed by atoms with Gasteiger partial charge in [-0.05, 0) is 41.5 Å². The molecule has 0 spiro atoms. The molecular formula is C13H26BrNO4. The Hall–Kier alpha value is -0.620. The molecule has 0 bridgehead atoms. The van der Waals surface area contributed by atoms with Crippen molar-refractivity contribution in [1.29, 1.82) is 0 Å². The van der Waals surface area contributed by atoms with E-state index in [1.165, 1.54) is 0 Å². The monoisotopic (exact) mass is 339 g/mol. The van der Waals surface area contributed by atoms with Crippen LogP contribution >= 0.6 is 15.9 Å². The molecule has 19 heavy (non-hydrogen) atoms. The molecular weight excluding hydrogens is 314 g/mol. The summed E-state index contributed by atoms with van der Waals surface area (Å²) in [6.07, 6.45) is 0. The average molecular weight is 340 g/mol. The van der Waals surface area contributed by atoms with E-state index >= 15 is 0 Å². The fourth-order valence-corrected chi connectivity index (χ4v) is 1.63. The second-order valence-corrected chi connectivity index (χ2v) is 7.67. The topological polar surface area (TPSA) is 87.6 Å². The molecule has 0 rings (SSSR count). The molecule has 1 unspecified atom stereocenters. The Bertz CT molecular complexity index is 288. The summed E-state index contributed by atoms with van der Waals surface area (Å²) in [5.41, 5.74) is -1.25. The molecule has 0 aliphatic rings. The van der Waals surface area contributed by atoms with Crippen molar-refractivity contribution in [2.45, 2.75) is 64.5 Å². The van der Waals surface area contributed by atoms with E-state index in [9.17, 15) is 9.59 Å². The second-order valence-electron chi connectivity index (χ2n) is 6.22. The fraction of sp³-hybridized carbons (Fsp3) is 0.846. The first-order chi connectivity index (χ1) is 7.83. The van der Waals surface area contributed by atoms with Crippen LogP contribution in [0.2, 0.25) is 0 Å². The minimum absolute atomic E-state index is 0. The maximum atomic E-state index is 12.0. The van der Waals surface area contributed by atoms with Crippen LogP contribution in [0.3, 0.4) is 0 Å². The lowest BCUT2D eigenvalue weighted by molar-refractivity contribution is -0.174. The van der Waals surface area contributed by atoms with E-state index in [1.807, 2.05) is 0 Å². The summed E-state index contributed by atoms with van der Waals surface area (Å²) >= 11 is 3.26. The minimum atomic E-state index is -0.955. The number of carbonyl (C=O) groups excluding carboxylic acids is 2. The molecule has 0 radical (unpaired) electrons. The molecule has 5 nitrogen and oxygen atoms in total. The molecule has 0 aromatic rings. The number of hydrogen-bond donors (Lipinski definition) is 1. The van der Waals surface area contributed by atoms with Crippen molar-refractivity contribution in [3.8, 4) is 0 Å². The van der Waals surface area contributed by atoms with Crippen LogP contribution in [0.4, 0.5) is 0 Å². The van der Waals surface area contributed by atoms with E-state index in [-0.39, 0.29) is 11.0 Å². The molecule has 0 fully saturated rings. The Morgan fingerprint density at radius 2 is 1.16 bits per heavy atom. The first-order valence-corrected chi connectivity index (χ1v) is 6.85. The molecule has 0 aliphatic carbocycles. The van der Waals surface area contributed by atoms with Crippen molar-refractivity contribution in [1.82, 2.24) is 6.15 Å². The summed E-state index contributed by atoms with van der Waals surface area (Å²) in [5, 5.41) is 0. The summed E-state index contributed by atoms with van der Waals surface area (Å²) in [7, 11) is 0. The molecule has 0 aromatic heterocycles. The van der Waals surface area contributed by atoms with E-state index in [0.717, 1.165) is 0 Å². The van der Waals surface area contributed by atoms with Gasteiger partial charge in [-0.3, -0.25) is 9.59 Å². The molecule has 0 saturated heterocycles. The number of carbonyl (C=O) groups is 2. The zero-order valence-electron chi connectivity index (χ0n) is 12.9. The van der Waals surface area contributed by atoms with Gasteiger partial charge in [-0.15, -0.1) is 0 Å². The first kappa shape index (κ1) is 20.7. The van der Waals surface area contributed by atoms with Crippen LogP contribution in [0, 0.1) is 5.92 Å². The zero-order chi connectivity index (χ0) is 14.7. The van der Waals surface area contributed by atoms with Gasteiger partial charge in [-0.2, -0.15) is 0 Å². The van der Waals surface area contributed by atoms with Crippen LogP contribution in [0.1, 0.15) is 48.5 Å². The molecule has 6 heteroatoms. The summed E-state index contributed by atoms with van der Waals surface area (Å²) in [4.78, 5) is 23.6. The molecule has 1 atom stereocenters. The summed E-state index contributed by atoms with van der Waals surface area (Å²) in [6.45, 7) is 12.3. The highest BCUT2D eigenvalue weighted by molar-refractivity contribution is 9.09. The maximum Gasteiger partial charge on any atom is 0.322 e. The van der Waals surface area contributed by atoms with Crippen LogP contribution < -0.4 is 6.15 Å². The van der Waals surface area contributed by atoms with Crippen LogP contribution in [0.15, 0.2) is 0 Å². The quantitative estimate of drug-likeness (QED) is 0.484. The summed E-state index contributed by atoms with van der Waals surface area (Å²) in [6, 6.07) is 0. The number of hydrogen-bond acceptors (Lipinski definition) is 5. The van der Waals surface area contributed by atoms with Gasteiger partial charge in [0, 0.05) is 4.83 Å². The van der Waals surface area contributed by atoms with Crippen molar-refractivity contribution in [2.75, 3.05) is 0 Å². The van der Waals surface area contributed by atoms with E-state index in [1.54, 1.807) is 48.5 Å². The van der Waals surface area contributed by atoms with Gasteiger partial charge in [0.15, 0.2) is 5.92 Å². The number of ether oxygens (including phenoxy) is 2. The maximum absolute atomic E-state index is 12.0. The summed E-state index contributed by atoms with van der Waals surface area (Å²) < 4.78 is 10.5. The second kappa shape index (κ2) is 7.24. The molecule has 114 valence electrons. The predicted molar refractivity (Wildman–Crippen MR) is 78.6 cm³/mol. The molecule has 0 aliphatic heterocycles. The standard InChI is InChI=1S/C13H23BrO4.H3N/c1-8(14)9(10(15)17-12(2,3)4)11(16)18-13(5,6)7;/h8-9H,1-7H3;1H3. The van der Waals surface area contributed by atoms with Crippen molar-refractivity contribution < 1.29 is 19.1 Å². The number of rotatable bonds is 3. The van der Waals surface area contributed by atoms with Gasteiger partial charge in [0.05, 0.1) is 0 Å². The van der Waals surface area contributed by atoms with Crippen LogP contribution in [0.5, 0.6) is 0 Å². The molecule has 3 N–H and O–H groups in total. The van der Waals surface area contributed by atoms with Crippen LogP contribution in [-0.2, 0) is 19.1 Å². The highest BCUT2D eigenvalue weighted by Gasteiger charge is 2.37. The van der Waals surface area contributed by atoms with Crippen molar-refractivity contribution in [3.63, 3.8) is 0 Å². The van der Waals surface area contributed by atoms with Crippen LogP contribution in [-0.4, -0.2) is 28.0 Å². The van der Waals surface area contributed by atoms with E-state index < -0.39 is 29.1 Å². The highest BCUT2D eigenvalue weighted by Crippen LogP contribution is 2.22. The fourth-order valence-electron chi connectivity index (χ4n) is 1.20. The van der Waals surface area contributed by atoms with Gasteiger partial charge >= 0.3 is 11.9 Å². The van der Waals surface area contributed by atoms with Gasteiger partial charge in [-0.1, -0.05) is 22.9 Å². The Balaban J connectivity index is 0. The Morgan fingerprint density at radius 3 is 1.32 bits per heavy atom. The number of alkyl halides is 1. The third-order valence-corrected chi connectivity index (χ3v) is 2.31. The molecule has 0 aromatic carbocycles. The van der Waals surface area contributed by atoms with Gasteiger partial charge in [0.25, 0.3) is 0 Å². The lowest BCUT2D eigenvalue weighted by atomic mass is 10.1. The van der Waals surface area contributed by atoms with E-state index in [4.69, 9.17) is 9.47 Å². The predicted octanol–water partition coefficient (Wildman–Crippen LogP) is 3.23. The van der Waals surface area contributed by atoms with Crippen molar-refractivity contribution >= 4 is 27.9 Å². The Kier molecular flexibility index (Phi) is 7.88. The van der Waals surface area contributed by atoms with E-state index in [2.05, 4.69) is 15.9 Å².